The molecule has 3 aliphatic rings. The molecule has 3 aliphatic heterocycles. The molecule has 0 aromatic heterocycles. The van der Waals surface area contributed by atoms with Gasteiger partial charge in [0.05, 0.1) is 30.8 Å². The summed E-state index contributed by atoms with van der Waals surface area (Å²) in [5.41, 5.74) is 0.153. The third-order valence-electron chi connectivity index (χ3n) is 3.44. The molecule has 102 valence electrons. The summed E-state index contributed by atoms with van der Waals surface area (Å²) in [6.45, 7) is 3.41. The van der Waals surface area contributed by atoms with Crippen molar-refractivity contribution in [3.63, 3.8) is 0 Å². The Hall–Kier alpha value is -1.43. The van der Waals surface area contributed by atoms with Crippen molar-refractivity contribution in [1.82, 2.24) is 0 Å². The minimum absolute atomic E-state index is 0.233. The second kappa shape index (κ2) is 4.59. The van der Waals surface area contributed by atoms with Gasteiger partial charge < -0.3 is 18.9 Å². The fourth-order valence-electron chi connectivity index (χ4n) is 2.10. The molecule has 0 amide bonds. The van der Waals surface area contributed by atoms with E-state index in [0.717, 1.165) is 0 Å². The van der Waals surface area contributed by atoms with E-state index in [4.69, 9.17) is 18.9 Å². The molecule has 3 fully saturated rings. The molecule has 0 unspecified atom stereocenters. The average Bonchev–Trinajstić information content (AvgIpc) is 2.47. The van der Waals surface area contributed by atoms with Gasteiger partial charge in [0, 0.05) is 6.92 Å². The fraction of sp³-hybridized carbons (Fsp3) is 0.500. The maximum Gasteiger partial charge on any atom is 0.338 e. The first-order valence-electron chi connectivity index (χ1n) is 6.25. The van der Waals surface area contributed by atoms with Crippen LogP contribution in [0, 0.1) is 5.41 Å². The molecule has 0 aliphatic carbocycles. The van der Waals surface area contributed by atoms with Gasteiger partial charge in [-0.1, -0.05) is 18.2 Å². The van der Waals surface area contributed by atoms with Crippen molar-refractivity contribution in [2.75, 3.05) is 26.4 Å². The van der Waals surface area contributed by atoms with E-state index in [9.17, 15) is 4.79 Å². The molecule has 0 N–H and O–H groups in total. The van der Waals surface area contributed by atoms with Gasteiger partial charge in [-0.15, -0.1) is 0 Å². The predicted molar refractivity (Wildman–Crippen MR) is 65.4 cm³/mol. The lowest BCUT2D eigenvalue weighted by Gasteiger charge is -2.49. The highest BCUT2D eigenvalue weighted by Gasteiger charge is 2.50. The number of hydrogen-bond acceptors (Lipinski definition) is 5. The molecular weight excluding hydrogens is 248 g/mol. The van der Waals surface area contributed by atoms with Gasteiger partial charge in [-0.3, -0.25) is 0 Å². The smallest absolute Gasteiger partial charge is 0.338 e. The van der Waals surface area contributed by atoms with Crippen molar-refractivity contribution in [3.8, 4) is 0 Å². The zero-order valence-corrected chi connectivity index (χ0v) is 10.8. The first kappa shape index (κ1) is 12.6. The Kier molecular flexibility index (Phi) is 3.05. The topological polar surface area (TPSA) is 54.0 Å². The Labute approximate surface area is 111 Å². The van der Waals surface area contributed by atoms with Crippen molar-refractivity contribution < 1.29 is 23.7 Å². The molecule has 0 radical (unpaired) electrons. The lowest BCUT2D eigenvalue weighted by Crippen LogP contribution is -2.60. The fourth-order valence-corrected chi connectivity index (χ4v) is 2.10. The van der Waals surface area contributed by atoms with Gasteiger partial charge in [-0.05, 0) is 12.1 Å². The molecule has 5 nitrogen and oxygen atoms in total. The maximum absolute atomic E-state index is 11.9. The predicted octanol–water partition coefficient (Wildman–Crippen LogP) is 1.58. The molecule has 5 heteroatoms. The largest absolute Gasteiger partial charge is 0.461 e. The Morgan fingerprint density at radius 1 is 1.16 bits per heavy atom. The molecule has 0 spiro atoms. The van der Waals surface area contributed by atoms with Crippen molar-refractivity contribution in [1.29, 1.82) is 0 Å². The van der Waals surface area contributed by atoms with Crippen molar-refractivity contribution in [2.45, 2.75) is 12.9 Å². The SMILES string of the molecule is CC12OCC(COC(=O)c3ccccc3)(CO1)CO2. The van der Waals surface area contributed by atoms with E-state index in [1.165, 1.54) is 0 Å². The van der Waals surface area contributed by atoms with Gasteiger partial charge in [0.2, 0.25) is 0 Å². The van der Waals surface area contributed by atoms with Crippen LogP contribution < -0.4 is 0 Å². The van der Waals surface area contributed by atoms with Gasteiger partial charge in [-0.2, -0.15) is 0 Å². The number of ether oxygens (including phenoxy) is 4. The number of carbonyl (C=O) groups excluding carboxylic acids is 1. The lowest BCUT2D eigenvalue weighted by atomic mass is 9.90. The molecule has 0 saturated carbocycles. The first-order chi connectivity index (χ1) is 9.11. The van der Waals surface area contributed by atoms with E-state index < -0.39 is 5.97 Å². The highest BCUT2D eigenvalue weighted by Crippen LogP contribution is 2.38. The van der Waals surface area contributed by atoms with Crippen LogP contribution in [0.15, 0.2) is 30.3 Å². The molecule has 3 heterocycles. The third kappa shape index (κ3) is 2.49. The van der Waals surface area contributed by atoms with Crippen LogP contribution >= 0.6 is 0 Å². The molecule has 19 heavy (non-hydrogen) atoms. The van der Waals surface area contributed by atoms with Gasteiger partial charge in [0.1, 0.15) is 6.61 Å². The summed E-state index contributed by atoms with van der Waals surface area (Å²) < 4.78 is 21.8. The number of hydrogen-bond donors (Lipinski definition) is 0. The van der Waals surface area contributed by atoms with Crippen LogP contribution in [0.2, 0.25) is 0 Å². The van der Waals surface area contributed by atoms with E-state index in [2.05, 4.69) is 0 Å². The number of esters is 1. The number of carbonyl (C=O) groups is 1. The van der Waals surface area contributed by atoms with Crippen LogP contribution in [0.5, 0.6) is 0 Å². The van der Waals surface area contributed by atoms with E-state index in [-0.39, 0.29) is 18.0 Å². The van der Waals surface area contributed by atoms with E-state index in [0.29, 0.717) is 25.4 Å². The average molecular weight is 264 g/mol. The van der Waals surface area contributed by atoms with Gasteiger partial charge in [-0.25, -0.2) is 4.79 Å². The van der Waals surface area contributed by atoms with Crippen LogP contribution in [-0.4, -0.2) is 38.4 Å². The summed E-state index contributed by atoms with van der Waals surface area (Å²) >= 11 is 0. The summed E-state index contributed by atoms with van der Waals surface area (Å²) in [5.74, 6) is -1.26. The van der Waals surface area contributed by atoms with Crippen molar-refractivity contribution in [3.05, 3.63) is 35.9 Å². The zero-order chi connectivity index (χ0) is 13.3. The highest BCUT2D eigenvalue weighted by atomic mass is 16.9. The zero-order valence-electron chi connectivity index (χ0n) is 10.8. The number of benzene rings is 1. The normalized spacial score (nSPS) is 33.1. The molecule has 1 aromatic carbocycles. The molecule has 3 saturated heterocycles. The standard InChI is InChI=1S/C14H16O5/c1-13-17-8-14(9-18-13,10-19-13)7-16-12(15)11-5-3-2-4-6-11/h2-6H,7-10H2,1H3. The summed E-state index contributed by atoms with van der Waals surface area (Å²) in [6, 6.07) is 8.91. The van der Waals surface area contributed by atoms with Crippen molar-refractivity contribution in [2.24, 2.45) is 5.41 Å². The van der Waals surface area contributed by atoms with Crippen LogP contribution in [0.25, 0.3) is 0 Å². The Bertz CT molecular complexity index is 445. The summed E-state index contributed by atoms with van der Waals surface area (Å²) in [4.78, 5) is 11.9. The third-order valence-corrected chi connectivity index (χ3v) is 3.44. The van der Waals surface area contributed by atoms with Crippen LogP contribution in [0.4, 0.5) is 0 Å². The molecule has 0 atom stereocenters. The number of rotatable bonds is 3. The number of fused-ring (bicyclic) bond motifs is 3. The van der Waals surface area contributed by atoms with Crippen LogP contribution in [0.1, 0.15) is 17.3 Å². The van der Waals surface area contributed by atoms with E-state index in [1.54, 1.807) is 31.2 Å². The van der Waals surface area contributed by atoms with Gasteiger partial charge >= 0.3 is 5.97 Å². The minimum Gasteiger partial charge on any atom is -0.461 e. The second-order valence-corrected chi connectivity index (χ2v) is 5.17. The van der Waals surface area contributed by atoms with Gasteiger partial charge in [0.25, 0.3) is 5.97 Å². The molecule has 4 rings (SSSR count). The van der Waals surface area contributed by atoms with Gasteiger partial charge in [0.15, 0.2) is 0 Å². The Morgan fingerprint density at radius 2 is 1.74 bits per heavy atom. The molecular formula is C14H16O5. The lowest BCUT2D eigenvalue weighted by molar-refractivity contribution is -0.461. The Morgan fingerprint density at radius 3 is 2.32 bits per heavy atom. The van der Waals surface area contributed by atoms with Crippen LogP contribution in [0.3, 0.4) is 0 Å². The first-order valence-corrected chi connectivity index (χ1v) is 6.25. The van der Waals surface area contributed by atoms with E-state index >= 15 is 0 Å². The maximum atomic E-state index is 11.9. The molecule has 2 bridgehead atoms. The molecule has 1 aromatic rings. The van der Waals surface area contributed by atoms with Crippen molar-refractivity contribution >= 4 is 5.97 Å². The quantitative estimate of drug-likeness (QED) is 0.776. The summed E-state index contributed by atoms with van der Waals surface area (Å²) in [5, 5.41) is 0. The second-order valence-electron chi connectivity index (χ2n) is 5.17. The summed E-state index contributed by atoms with van der Waals surface area (Å²) in [7, 11) is 0. The highest BCUT2D eigenvalue weighted by molar-refractivity contribution is 5.89. The minimum atomic E-state index is -0.925. The Balaban J connectivity index is 1.60. The monoisotopic (exact) mass is 264 g/mol. The van der Waals surface area contributed by atoms with Crippen LogP contribution in [-0.2, 0) is 18.9 Å². The summed E-state index contributed by atoms with van der Waals surface area (Å²) in [6.07, 6.45) is 0. The van der Waals surface area contributed by atoms with E-state index in [1.807, 2.05) is 6.07 Å².